The molecule has 0 bridgehead atoms. The lowest BCUT2D eigenvalue weighted by molar-refractivity contribution is 0.0769. The predicted molar refractivity (Wildman–Crippen MR) is 118 cm³/mol. The number of pyridine rings is 2. The standard InChI is InChI=1S/C22H26N6O3/c1-5-27-13-17(20(29)16-7-6-14(2)23-21(16)27)22(30)28-11-10-15(12-28)31-19-9-8-18(24-25-19)26(3)4/h6-9,13,15H,5,10-12H2,1-4H3. The van der Waals surface area contributed by atoms with Gasteiger partial charge in [-0.3, -0.25) is 9.59 Å². The maximum atomic E-state index is 13.2. The SMILES string of the molecule is CCn1cc(C(=O)N2CCC(Oc3ccc(N(C)C)nn3)C2)c(=O)c2ccc(C)nc21. The van der Waals surface area contributed by atoms with Crippen molar-refractivity contribution >= 4 is 22.8 Å². The fourth-order valence-electron chi connectivity index (χ4n) is 3.72. The summed E-state index contributed by atoms with van der Waals surface area (Å²) in [6.45, 7) is 5.37. The van der Waals surface area contributed by atoms with Crippen molar-refractivity contribution in [2.24, 2.45) is 0 Å². The molecule has 0 aliphatic carbocycles. The maximum Gasteiger partial charge on any atom is 0.259 e. The zero-order valence-electron chi connectivity index (χ0n) is 18.2. The van der Waals surface area contributed by atoms with E-state index in [0.717, 1.165) is 11.5 Å². The van der Waals surface area contributed by atoms with Crippen LogP contribution in [0.25, 0.3) is 11.0 Å². The van der Waals surface area contributed by atoms with Gasteiger partial charge in [-0.05, 0) is 32.0 Å². The summed E-state index contributed by atoms with van der Waals surface area (Å²) in [5.41, 5.74) is 1.31. The molecular weight excluding hydrogens is 396 g/mol. The summed E-state index contributed by atoms with van der Waals surface area (Å²) in [5, 5.41) is 8.66. The van der Waals surface area contributed by atoms with Crippen molar-refractivity contribution in [3.63, 3.8) is 0 Å². The Morgan fingerprint density at radius 2 is 2.03 bits per heavy atom. The number of aromatic nitrogens is 4. The van der Waals surface area contributed by atoms with Gasteiger partial charge in [0.1, 0.15) is 17.3 Å². The summed E-state index contributed by atoms with van der Waals surface area (Å²) in [4.78, 5) is 34.2. The summed E-state index contributed by atoms with van der Waals surface area (Å²) in [5.74, 6) is 0.879. The number of amides is 1. The lowest BCUT2D eigenvalue weighted by Crippen LogP contribution is -2.34. The Kier molecular flexibility index (Phi) is 5.58. The van der Waals surface area contributed by atoms with Crippen molar-refractivity contribution in [1.82, 2.24) is 24.6 Å². The third-order valence-electron chi connectivity index (χ3n) is 5.44. The van der Waals surface area contributed by atoms with Crippen LogP contribution in [0.15, 0.2) is 35.3 Å². The van der Waals surface area contributed by atoms with E-state index < -0.39 is 0 Å². The molecule has 0 radical (unpaired) electrons. The lowest BCUT2D eigenvalue weighted by atomic mass is 10.1. The Balaban J connectivity index is 1.53. The number of likely N-dealkylation sites (tertiary alicyclic amines) is 1. The fraction of sp³-hybridized carbons (Fsp3) is 0.409. The van der Waals surface area contributed by atoms with Gasteiger partial charge in [0.2, 0.25) is 11.3 Å². The minimum absolute atomic E-state index is 0.163. The average Bonchev–Trinajstić information content (AvgIpc) is 3.22. The van der Waals surface area contributed by atoms with Gasteiger partial charge in [-0.1, -0.05) is 0 Å². The first kappa shape index (κ1) is 20.8. The first-order valence-electron chi connectivity index (χ1n) is 10.3. The highest BCUT2D eigenvalue weighted by atomic mass is 16.5. The van der Waals surface area contributed by atoms with Gasteiger partial charge in [0, 0.05) is 51.6 Å². The van der Waals surface area contributed by atoms with Crippen LogP contribution in [-0.2, 0) is 6.54 Å². The quantitative estimate of drug-likeness (QED) is 0.620. The number of rotatable bonds is 5. The van der Waals surface area contributed by atoms with E-state index in [1.807, 2.05) is 43.5 Å². The van der Waals surface area contributed by atoms with Crippen LogP contribution >= 0.6 is 0 Å². The molecule has 4 heterocycles. The van der Waals surface area contributed by atoms with Crippen molar-refractivity contribution in [2.45, 2.75) is 32.9 Å². The molecule has 1 atom stereocenters. The highest BCUT2D eigenvalue weighted by Crippen LogP contribution is 2.20. The lowest BCUT2D eigenvalue weighted by Gasteiger charge is -2.18. The molecule has 1 saturated heterocycles. The summed E-state index contributed by atoms with van der Waals surface area (Å²) >= 11 is 0. The zero-order chi connectivity index (χ0) is 22.1. The van der Waals surface area contributed by atoms with Crippen molar-refractivity contribution in [1.29, 1.82) is 0 Å². The number of nitrogens with zero attached hydrogens (tertiary/aromatic N) is 6. The molecule has 9 nitrogen and oxygen atoms in total. The zero-order valence-corrected chi connectivity index (χ0v) is 18.2. The first-order valence-corrected chi connectivity index (χ1v) is 10.3. The van der Waals surface area contributed by atoms with Crippen LogP contribution in [0, 0.1) is 6.92 Å². The van der Waals surface area contributed by atoms with Crippen molar-refractivity contribution in [3.8, 4) is 5.88 Å². The smallest absolute Gasteiger partial charge is 0.259 e. The van der Waals surface area contributed by atoms with Crippen molar-refractivity contribution in [2.75, 3.05) is 32.1 Å². The van der Waals surface area contributed by atoms with E-state index in [2.05, 4.69) is 15.2 Å². The second-order valence-corrected chi connectivity index (χ2v) is 7.89. The molecule has 1 fully saturated rings. The van der Waals surface area contributed by atoms with Crippen LogP contribution in [0.5, 0.6) is 5.88 Å². The van der Waals surface area contributed by atoms with E-state index in [1.54, 1.807) is 29.3 Å². The van der Waals surface area contributed by atoms with E-state index in [1.165, 1.54) is 0 Å². The molecule has 1 amide bonds. The van der Waals surface area contributed by atoms with E-state index in [9.17, 15) is 9.59 Å². The number of ether oxygens (including phenoxy) is 1. The minimum atomic E-state index is -0.285. The van der Waals surface area contributed by atoms with Crippen molar-refractivity contribution < 1.29 is 9.53 Å². The Labute approximate surface area is 180 Å². The van der Waals surface area contributed by atoms with Crippen LogP contribution < -0.4 is 15.1 Å². The minimum Gasteiger partial charge on any atom is -0.471 e. The Morgan fingerprint density at radius 1 is 1.23 bits per heavy atom. The molecular formula is C22H26N6O3. The molecule has 31 heavy (non-hydrogen) atoms. The van der Waals surface area contributed by atoms with Crippen LogP contribution in [0.4, 0.5) is 5.82 Å². The third-order valence-corrected chi connectivity index (χ3v) is 5.44. The summed E-state index contributed by atoms with van der Waals surface area (Å²) in [6.07, 6.45) is 2.10. The molecule has 3 aromatic heterocycles. The third kappa shape index (κ3) is 4.08. The molecule has 1 aliphatic heterocycles. The van der Waals surface area contributed by atoms with Crippen LogP contribution in [0.1, 0.15) is 29.4 Å². The highest BCUT2D eigenvalue weighted by Gasteiger charge is 2.30. The summed E-state index contributed by atoms with van der Waals surface area (Å²) in [7, 11) is 3.78. The molecule has 9 heteroatoms. The summed E-state index contributed by atoms with van der Waals surface area (Å²) < 4.78 is 7.76. The van der Waals surface area contributed by atoms with Gasteiger partial charge in [0.05, 0.1) is 11.9 Å². The molecule has 162 valence electrons. The number of anilines is 1. The first-order chi connectivity index (χ1) is 14.9. The van der Waals surface area contributed by atoms with Crippen molar-refractivity contribution in [3.05, 3.63) is 51.9 Å². The van der Waals surface area contributed by atoms with Crippen LogP contribution in [0.3, 0.4) is 0 Å². The van der Waals surface area contributed by atoms with E-state index in [0.29, 0.717) is 43.0 Å². The number of carbonyl (C=O) groups excluding carboxylic acids is 1. The molecule has 3 aromatic rings. The Hall–Kier alpha value is -3.49. The Bertz CT molecular complexity index is 1170. The van der Waals surface area contributed by atoms with E-state index >= 15 is 0 Å². The van der Waals surface area contributed by atoms with E-state index in [4.69, 9.17) is 4.74 Å². The average molecular weight is 422 g/mol. The van der Waals surface area contributed by atoms with Gasteiger partial charge in [-0.2, -0.15) is 0 Å². The molecule has 0 N–H and O–H groups in total. The molecule has 0 aromatic carbocycles. The molecule has 0 spiro atoms. The largest absolute Gasteiger partial charge is 0.471 e. The second-order valence-electron chi connectivity index (χ2n) is 7.89. The molecule has 1 unspecified atom stereocenters. The predicted octanol–water partition coefficient (Wildman–Crippen LogP) is 1.87. The van der Waals surface area contributed by atoms with Gasteiger partial charge in [-0.25, -0.2) is 4.98 Å². The van der Waals surface area contributed by atoms with Crippen LogP contribution in [0.2, 0.25) is 0 Å². The summed E-state index contributed by atoms with van der Waals surface area (Å²) in [6, 6.07) is 7.14. The number of aryl methyl sites for hydroxylation is 2. The highest BCUT2D eigenvalue weighted by molar-refractivity contribution is 5.97. The van der Waals surface area contributed by atoms with Gasteiger partial charge >= 0.3 is 0 Å². The topological polar surface area (TPSA) is 93.5 Å². The van der Waals surface area contributed by atoms with Crippen LogP contribution in [-0.4, -0.2) is 63.8 Å². The van der Waals surface area contributed by atoms with Gasteiger partial charge < -0.3 is 19.1 Å². The van der Waals surface area contributed by atoms with Gasteiger partial charge in [-0.15, -0.1) is 10.2 Å². The number of hydrogen-bond donors (Lipinski definition) is 0. The monoisotopic (exact) mass is 422 g/mol. The molecule has 4 rings (SSSR count). The van der Waals surface area contributed by atoms with Gasteiger partial charge in [0.25, 0.3) is 5.91 Å². The molecule has 1 aliphatic rings. The maximum absolute atomic E-state index is 13.2. The number of hydrogen-bond acceptors (Lipinski definition) is 7. The number of fused-ring (bicyclic) bond motifs is 1. The number of carbonyl (C=O) groups is 1. The normalized spacial score (nSPS) is 16.0. The Morgan fingerprint density at radius 3 is 2.71 bits per heavy atom. The molecule has 0 saturated carbocycles. The van der Waals surface area contributed by atoms with E-state index in [-0.39, 0.29) is 23.0 Å². The second kappa shape index (κ2) is 8.33. The van der Waals surface area contributed by atoms with Gasteiger partial charge in [0.15, 0.2) is 5.82 Å². The fourth-order valence-corrected chi connectivity index (χ4v) is 3.72.